The maximum absolute atomic E-state index is 11.1. The standard InChI is InChI=1S/C9H10O4/c1-6-4-3-5-7(8(6)10)9(11)13-12-2/h3-5,10H,1-2H3. The highest BCUT2D eigenvalue weighted by Gasteiger charge is 2.13. The van der Waals surface area contributed by atoms with Crippen LogP contribution >= 0.6 is 0 Å². The fourth-order valence-electron chi connectivity index (χ4n) is 0.944. The molecule has 0 spiro atoms. The van der Waals surface area contributed by atoms with Gasteiger partial charge in [0.05, 0.1) is 7.11 Å². The molecule has 1 aromatic carbocycles. The third kappa shape index (κ3) is 1.97. The minimum atomic E-state index is -0.705. The third-order valence-electron chi connectivity index (χ3n) is 1.62. The molecule has 0 fully saturated rings. The topological polar surface area (TPSA) is 55.8 Å². The lowest BCUT2D eigenvalue weighted by molar-refractivity contribution is -0.216. The Morgan fingerprint density at radius 1 is 1.46 bits per heavy atom. The quantitative estimate of drug-likeness (QED) is 0.555. The van der Waals surface area contributed by atoms with Gasteiger partial charge in [-0.25, -0.2) is 4.79 Å². The van der Waals surface area contributed by atoms with Gasteiger partial charge < -0.3 is 5.11 Å². The van der Waals surface area contributed by atoms with E-state index in [9.17, 15) is 9.90 Å². The smallest absolute Gasteiger partial charge is 0.376 e. The summed E-state index contributed by atoms with van der Waals surface area (Å²) in [6.45, 7) is 1.69. The van der Waals surface area contributed by atoms with Gasteiger partial charge in [-0.05, 0) is 18.6 Å². The summed E-state index contributed by atoms with van der Waals surface area (Å²) in [6.07, 6.45) is 0. The maximum atomic E-state index is 11.1. The number of aryl methyl sites for hydroxylation is 1. The fourth-order valence-corrected chi connectivity index (χ4v) is 0.944. The predicted octanol–water partition coefficient (Wildman–Crippen LogP) is 1.42. The second-order valence-corrected chi connectivity index (χ2v) is 2.51. The lowest BCUT2D eigenvalue weighted by Gasteiger charge is -2.04. The van der Waals surface area contributed by atoms with Crippen LogP contribution in [0.5, 0.6) is 5.75 Å². The minimum absolute atomic E-state index is 0.0791. The summed E-state index contributed by atoms with van der Waals surface area (Å²) >= 11 is 0. The Kier molecular flexibility index (Phi) is 2.87. The van der Waals surface area contributed by atoms with Crippen molar-refractivity contribution in [2.75, 3.05) is 7.11 Å². The number of phenols is 1. The van der Waals surface area contributed by atoms with E-state index in [2.05, 4.69) is 9.78 Å². The third-order valence-corrected chi connectivity index (χ3v) is 1.62. The summed E-state index contributed by atoms with van der Waals surface area (Å²) in [5, 5.41) is 9.44. The molecule has 13 heavy (non-hydrogen) atoms. The number of rotatable bonds is 2. The summed E-state index contributed by atoms with van der Waals surface area (Å²) in [6, 6.07) is 4.81. The second-order valence-electron chi connectivity index (χ2n) is 2.51. The van der Waals surface area contributed by atoms with Crippen molar-refractivity contribution in [2.24, 2.45) is 0 Å². The van der Waals surface area contributed by atoms with Crippen molar-refractivity contribution in [3.05, 3.63) is 29.3 Å². The van der Waals surface area contributed by atoms with Gasteiger partial charge in [0.25, 0.3) is 0 Å². The Morgan fingerprint density at radius 2 is 2.15 bits per heavy atom. The number of carbonyl (C=O) groups excluding carboxylic acids is 1. The molecule has 0 unspecified atom stereocenters. The Bertz CT molecular complexity index is 319. The van der Waals surface area contributed by atoms with E-state index in [1.165, 1.54) is 13.2 Å². The van der Waals surface area contributed by atoms with Crippen molar-refractivity contribution < 1.29 is 19.7 Å². The van der Waals surface area contributed by atoms with Crippen molar-refractivity contribution in [1.29, 1.82) is 0 Å². The van der Waals surface area contributed by atoms with E-state index in [4.69, 9.17) is 0 Å². The van der Waals surface area contributed by atoms with Crippen molar-refractivity contribution in [3.63, 3.8) is 0 Å². The average Bonchev–Trinajstić information content (AvgIpc) is 2.10. The number of carbonyl (C=O) groups is 1. The highest BCUT2D eigenvalue weighted by Crippen LogP contribution is 2.21. The monoisotopic (exact) mass is 182 g/mol. The molecule has 0 aliphatic carbocycles. The average molecular weight is 182 g/mol. The van der Waals surface area contributed by atoms with Gasteiger partial charge in [0, 0.05) is 0 Å². The zero-order chi connectivity index (χ0) is 9.84. The van der Waals surface area contributed by atoms with Crippen LogP contribution in [0.1, 0.15) is 15.9 Å². The van der Waals surface area contributed by atoms with E-state index in [1.54, 1.807) is 19.1 Å². The lowest BCUT2D eigenvalue weighted by Crippen LogP contribution is -2.04. The van der Waals surface area contributed by atoms with Crippen LogP contribution in [0.25, 0.3) is 0 Å². The molecule has 0 aliphatic rings. The molecule has 0 atom stereocenters. The molecule has 4 nitrogen and oxygen atoms in total. The Hall–Kier alpha value is -1.55. The summed E-state index contributed by atoms with van der Waals surface area (Å²) in [5.74, 6) is -0.784. The van der Waals surface area contributed by atoms with Gasteiger partial charge in [-0.3, -0.25) is 4.89 Å². The Morgan fingerprint density at radius 3 is 2.77 bits per heavy atom. The van der Waals surface area contributed by atoms with Gasteiger partial charge in [0.1, 0.15) is 11.3 Å². The first-order valence-corrected chi connectivity index (χ1v) is 3.70. The SMILES string of the molecule is COOC(=O)c1cccc(C)c1O. The van der Waals surface area contributed by atoms with Crippen molar-refractivity contribution >= 4 is 5.97 Å². The summed E-state index contributed by atoms with van der Waals surface area (Å²) in [4.78, 5) is 19.6. The van der Waals surface area contributed by atoms with E-state index in [-0.39, 0.29) is 11.3 Å². The number of aromatic hydroxyl groups is 1. The molecule has 0 bridgehead atoms. The van der Waals surface area contributed by atoms with Crippen LogP contribution in [-0.4, -0.2) is 18.2 Å². The number of hydrogen-bond donors (Lipinski definition) is 1. The van der Waals surface area contributed by atoms with Crippen molar-refractivity contribution in [1.82, 2.24) is 0 Å². The molecule has 0 radical (unpaired) electrons. The van der Waals surface area contributed by atoms with E-state index in [1.807, 2.05) is 0 Å². The molecule has 0 aliphatic heterocycles. The zero-order valence-corrected chi connectivity index (χ0v) is 7.40. The number of benzene rings is 1. The lowest BCUT2D eigenvalue weighted by atomic mass is 10.1. The first-order valence-electron chi connectivity index (χ1n) is 3.70. The summed E-state index contributed by atoms with van der Waals surface area (Å²) in [7, 11) is 1.23. The highest BCUT2D eigenvalue weighted by molar-refractivity contribution is 5.92. The molecule has 4 heteroatoms. The van der Waals surface area contributed by atoms with E-state index in [0.29, 0.717) is 5.56 Å². The van der Waals surface area contributed by atoms with Crippen LogP contribution in [0.4, 0.5) is 0 Å². The van der Waals surface area contributed by atoms with Crippen LogP contribution in [0.3, 0.4) is 0 Å². The number of hydrogen-bond acceptors (Lipinski definition) is 4. The van der Waals surface area contributed by atoms with E-state index >= 15 is 0 Å². The van der Waals surface area contributed by atoms with Crippen molar-refractivity contribution in [2.45, 2.75) is 6.92 Å². The van der Waals surface area contributed by atoms with Crippen molar-refractivity contribution in [3.8, 4) is 5.75 Å². The number of phenolic OH excluding ortho intramolecular Hbond substituents is 1. The van der Waals surface area contributed by atoms with Crippen LogP contribution in [0.15, 0.2) is 18.2 Å². The van der Waals surface area contributed by atoms with Gasteiger partial charge in [-0.15, -0.1) is 0 Å². The molecule has 1 aromatic rings. The molecule has 0 saturated carbocycles. The zero-order valence-electron chi connectivity index (χ0n) is 7.40. The summed E-state index contributed by atoms with van der Waals surface area (Å²) < 4.78 is 0. The Labute approximate surface area is 75.6 Å². The normalized spacial score (nSPS) is 9.69. The fraction of sp³-hybridized carbons (Fsp3) is 0.222. The maximum Gasteiger partial charge on any atom is 0.376 e. The van der Waals surface area contributed by atoms with E-state index in [0.717, 1.165) is 0 Å². The van der Waals surface area contributed by atoms with Gasteiger partial charge in [0.2, 0.25) is 0 Å². The molecule has 1 rings (SSSR count). The van der Waals surface area contributed by atoms with Crippen LogP contribution < -0.4 is 0 Å². The Balaban J connectivity index is 3.01. The molecule has 0 aromatic heterocycles. The van der Waals surface area contributed by atoms with E-state index < -0.39 is 5.97 Å². The first-order chi connectivity index (χ1) is 6.16. The molecule has 0 amide bonds. The van der Waals surface area contributed by atoms with Crippen LogP contribution in [0, 0.1) is 6.92 Å². The molecule has 70 valence electrons. The highest BCUT2D eigenvalue weighted by atomic mass is 17.2. The second kappa shape index (κ2) is 3.91. The molecular formula is C9H10O4. The first kappa shape index (κ1) is 9.54. The molecule has 1 N–H and O–H groups in total. The largest absolute Gasteiger partial charge is 0.507 e. The molecule has 0 heterocycles. The summed E-state index contributed by atoms with van der Waals surface area (Å²) in [5.41, 5.74) is 0.715. The van der Waals surface area contributed by atoms with Gasteiger partial charge in [0.15, 0.2) is 0 Å². The van der Waals surface area contributed by atoms with Gasteiger partial charge in [-0.1, -0.05) is 12.1 Å². The van der Waals surface area contributed by atoms with Gasteiger partial charge >= 0.3 is 5.97 Å². The van der Waals surface area contributed by atoms with Gasteiger partial charge in [-0.2, -0.15) is 4.89 Å². The molecular weight excluding hydrogens is 172 g/mol. The van der Waals surface area contributed by atoms with Crippen LogP contribution in [-0.2, 0) is 9.78 Å². The van der Waals surface area contributed by atoms with Crippen LogP contribution in [0.2, 0.25) is 0 Å². The molecule has 0 saturated heterocycles. The number of para-hydroxylation sites is 1. The minimum Gasteiger partial charge on any atom is -0.507 e. The predicted molar refractivity (Wildman–Crippen MR) is 45.3 cm³/mol.